The van der Waals surface area contributed by atoms with Gasteiger partial charge in [0.2, 0.25) is 5.91 Å². The Labute approximate surface area is 152 Å². The quantitative estimate of drug-likeness (QED) is 0.732. The highest BCUT2D eigenvalue weighted by Gasteiger charge is 2.17. The monoisotopic (exact) mass is 381 g/mol. The van der Waals surface area contributed by atoms with Crippen molar-refractivity contribution in [3.8, 4) is 11.7 Å². The molecule has 0 bridgehead atoms. The summed E-state index contributed by atoms with van der Waals surface area (Å²) in [5, 5.41) is 7.64. The predicted octanol–water partition coefficient (Wildman–Crippen LogP) is 3.28. The smallest absolute Gasteiger partial charge is 0.437 e. The normalized spacial score (nSPS) is 12.1. The lowest BCUT2D eigenvalue weighted by atomic mass is 10.1. The lowest BCUT2D eigenvalue weighted by Crippen LogP contribution is -2.33. The molecule has 2 heterocycles. The Morgan fingerprint density at radius 3 is 2.84 bits per heavy atom. The van der Waals surface area contributed by atoms with Crippen LogP contribution in [0.1, 0.15) is 18.5 Å². The number of aromatic nitrogens is 2. The number of rotatable bonds is 5. The summed E-state index contributed by atoms with van der Waals surface area (Å²) >= 11 is 12.0. The summed E-state index contributed by atoms with van der Waals surface area (Å²) in [7, 11) is 0. The van der Waals surface area contributed by atoms with E-state index in [1.165, 1.54) is 6.26 Å². The molecule has 1 aromatic carbocycles. The molecule has 7 nitrogen and oxygen atoms in total. The zero-order valence-electron chi connectivity index (χ0n) is 13.0. The fourth-order valence-electron chi connectivity index (χ4n) is 2.26. The van der Waals surface area contributed by atoms with Crippen LogP contribution in [0.15, 0.2) is 50.2 Å². The number of benzene rings is 1. The second-order valence-electron chi connectivity index (χ2n) is 5.26. The molecule has 0 fully saturated rings. The first-order valence-corrected chi connectivity index (χ1v) is 8.06. The van der Waals surface area contributed by atoms with Crippen molar-refractivity contribution in [1.29, 1.82) is 0 Å². The highest BCUT2D eigenvalue weighted by Crippen LogP contribution is 2.26. The van der Waals surface area contributed by atoms with E-state index in [9.17, 15) is 9.59 Å². The molecule has 1 amide bonds. The van der Waals surface area contributed by atoms with Crippen molar-refractivity contribution in [3.05, 3.63) is 62.8 Å². The summed E-state index contributed by atoms with van der Waals surface area (Å²) in [6, 6.07) is 7.87. The first-order valence-electron chi connectivity index (χ1n) is 7.30. The molecule has 0 saturated carbocycles. The Hall–Kier alpha value is -2.51. The highest BCUT2D eigenvalue weighted by atomic mass is 35.5. The fraction of sp³-hybridized carbons (Fsp3) is 0.188. The standard InChI is InChI=1S/C16H13Cl2N3O4/c1-9(11-5-4-10(17)7-12(11)18)19-14(22)8-21-16(23)25-15(20-21)13-3-2-6-24-13/h2-7,9H,8H2,1H3,(H,19,22)/t9-/m0/s1. The van der Waals surface area contributed by atoms with E-state index < -0.39 is 11.7 Å². The van der Waals surface area contributed by atoms with E-state index in [-0.39, 0.29) is 18.5 Å². The van der Waals surface area contributed by atoms with E-state index in [0.29, 0.717) is 21.4 Å². The first-order chi connectivity index (χ1) is 11.9. The van der Waals surface area contributed by atoms with E-state index in [4.69, 9.17) is 32.0 Å². The van der Waals surface area contributed by atoms with E-state index in [1.807, 2.05) is 0 Å². The largest absolute Gasteiger partial charge is 0.459 e. The minimum Gasteiger partial charge on any atom is -0.459 e. The van der Waals surface area contributed by atoms with Gasteiger partial charge >= 0.3 is 5.76 Å². The third-order valence-electron chi connectivity index (χ3n) is 3.44. The molecule has 1 atom stereocenters. The van der Waals surface area contributed by atoms with Crippen molar-refractivity contribution in [2.75, 3.05) is 0 Å². The summed E-state index contributed by atoms with van der Waals surface area (Å²) in [5.74, 6) is -0.854. The SMILES string of the molecule is C[C@H](NC(=O)Cn1nc(-c2ccco2)oc1=O)c1ccc(Cl)cc1Cl. The molecule has 1 N–H and O–H groups in total. The van der Waals surface area contributed by atoms with Crippen molar-refractivity contribution in [1.82, 2.24) is 15.1 Å². The number of nitrogens with zero attached hydrogens (tertiary/aromatic N) is 2. The van der Waals surface area contributed by atoms with Gasteiger partial charge in [0.25, 0.3) is 5.89 Å². The van der Waals surface area contributed by atoms with Gasteiger partial charge in [0, 0.05) is 10.0 Å². The topological polar surface area (TPSA) is 90.3 Å². The minimum atomic E-state index is -0.751. The molecule has 0 aliphatic carbocycles. The maximum Gasteiger partial charge on any atom is 0.437 e. The molecular formula is C16H13Cl2N3O4. The van der Waals surface area contributed by atoms with Crippen LogP contribution in [0.25, 0.3) is 11.7 Å². The number of hydrogen-bond acceptors (Lipinski definition) is 5. The van der Waals surface area contributed by atoms with Crippen LogP contribution in [0.3, 0.4) is 0 Å². The summed E-state index contributed by atoms with van der Waals surface area (Å²) in [5.41, 5.74) is 0.711. The van der Waals surface area contributed by atoms with E-state index in [2.05, 4.69) is 10.4 Å². The van der Waals surface area contributed by atoms with Gasteiger partial charge in [-0.15, -0.1) is 5.10 Å². The molecular weight excluding hydrogens is 369 g/mol. The van der Waals surface area contributed by atoms with Crippen molar-refractivity contribution in [2.45, 2.75) is 19.5 Å². The number of carbonyl (C=O) groups is 1. The molecule has 3 aromatic rings. The zero-order valence-corrected chi connectivity index (χ0v) is 14.5. The van der Waals surface area contributed by atoms with Gasteiger partial charge in [-0.3, -0.25) is 4.79 Å². The van der Waals surface area contributed by atoms with Gasteiger partial charge < -0.3 is 14.2 Å². The van der Waals surface area contributed by atoms with Crippen LogP contribution >= 0.6 is 23.2 Å². The molecule has 0 radical (unpaired) electrons. The molecule has 0 aliphatic heterocycles. The van der Waals surface area contributed by atoms with Crippen LogP contribution in [-0.4, -0.2) is 15.7 Å². The van der Waals surface area contributed by atoms with Crippen LogP contribution in [0.2, 0.25) is 10.0 Å². The zero-order chi connectivity index (χ0) is 18.0. The van der Waals surface area contributed by atoms with Gasteiger partial charge in [-0.05, 0) is 36.8 Å². The third kappa shape index (κ3) is 3.94. The number of halogens is 2. The van der Waals surface area contributed by atoms with Crippen molar-refractivity contribution in [2.24, 2.45) is 0 Å². The molecule has 3 rings (SSSR count). The molecule has 25 heavy (non-hydrogen) atoms. The minimum absolute atomic E-state index is 0.0107. The van der Waals surface area contributed by atoms with Gasteiger partial charge in [-0.25, -0.2) is 4.79 Å². The summed E-state index contributed by atoms with van der Waals surface area (Å²) in [4.78, 5) is 24.0. The van der Waals surface area contributed by atoms with E-state index >= 15 is 0 Å². The number of carbonyl (C=O) groups excluding carboxylic acids is 1. The molecule has 0 saturated heterocycles. The Balaban J connectivity index is 1.69. The molecule has 0 unspecified atom stereocenters. The Kier molecular flexibility index (Phi) is 4.96. The van der Waals surface area contributed by atoms with Crippen molar-refractivity contribution in [3.63, 3.8) is 0 Å². The van der Waals surface area contributed by atoms with E-state index in [0.717, 1.165) is 4.68 Å². The van der Waals surface area contributed by atoms with Crippen LogP contribution < -0.4 is 11.1 Å². The fourth-order valence-corrected chi connectivity index (χ4v) is 2.83. The summed E-state index contributed by atoms with van der Waals surface area (Å²) in [6.45, 7) is 1.48. The van der Waals surface area contributed by atoms with Crippen LogP contribution in [-0.2, 0) is 11.3 Å². The van der Waals surface area contributed by atoms with Gasteiger partial charge in [-0.1, -0.05) is 29.3 Å². The maximum atomic E-state index is 12.2. The molecule has 130 valence electrons. The Bertz CT molecular complexity index is 947. The summed E-state index contributed by atoms with van der Waals surface area (Å²) < 4.78 is 11.0. The van der Waals surface area contributed by atoms with Gasteiger partial charge in [0.15, 0.2) is 5.76 Å². The predicted molar refractivity (Wildman–Crippen MR) is 91.5 cm³/mol. The second-order valence-corrected chi connectivity index (χ2v) is 6.11. The number of amides is 1. The molecule has 0 spiro atoms. The second kappa shape index (κ2) is 7.16. The van der Waals surface area contributed by atoms with Gasteiger partial charge in [-0.2, -0.15) is 4.68 Å². The third-order valence-corrected chi connectivity index (χ3v) is 4.00. The maximum absolute atomic E-state index is 12.2. The highest BCUT2D eigenvalue weighted by molar-refractivity contribution is 6.35. The number of nitrogens with one attached hydrogen (secondary N) is 1. The average Bonchev–Trinajstić information content (AvgIpc) is 3.17. The number of hydrogen-bond donors (Lipinski definition) is 1. The molecule has 2 aromatic heterocycles. The lowest BCUT2D eigenvalue weighted by Gasteiger charge is -2.15. The van der Waals surface area contributed by atoms with Crippen LogP contribution in [0, 0.1) is 0 Å². The van der Waals surface area contributed by atoms with Crippen molar-refractivity contribution >= 4 is 29.1 Å². The van der Waals surface area contributed by atoms with Crippen LogP contribution in [0.4, 0.5) is 0 Å². The summed E-state index contributed by atoms with van der Waals surface area (Å²) in [6.07, 6.45) is 1.43. The lowest BCUT2D eigenvalue weighted by molar-refractivity contribution is -0.122. The van der Waals surface area contributed by atoms with Gasteiger partial charge in [0.05, 0.1) is 12.3 Å². The Morgan fingerprint density at radius 1 is 1.36 bits per heavy atom. The average molecular weight is 382 g/mol. The van der Waals surface area contributed by atoms with Gasteiger partial charge in [0.1, 0.15) is 6.54 Å². The molecule has 9 heteroatoms. The van der Waals surface area contributed by atoms with E-state index in [1.54, 1.807) is 37.3 Å². The van der Waals surface area contributed by atoms with Crippen molar-refractivity contribution < 1.29 is 13.6 Å². The Morgan fingerprint density at radius 2 is 2.16 bits per heavy atom. The molecule has 0 aliphatic rings. The first kappa shape index (κ1) is 17.3. The van der Waals surface area contributed by atoms with Crippen LogP contribution in [0.5, 0.6) is 0 Å². The number of furan rings is 1.